The number of hydrogen-bond acceptors (Lipinski definition) is 5. The second-order valence-corrected chi connectivity index (χ2v) is 4.39. The molecule has 2 aliphatic rings. The van der Waals surface area contributed by atoms with E-state index in [-0.39, 0.29) is 23.6 Å². The van der Waals surface area contributed by atoms with Gasteiger partial charge in [-0.15, -0.1) is 0 Å². The number of nitriles is 1. The lowest BCUT2D eigenvalue weighted by Crippen LogP contribution is -2.21. The lowest BCUT2D eigenvalue weighted by atomic mass is 9.83. The molecule has 0 bridgehead atoms. The molecule has 0 saturated heterocycles. The maximum absolute atomic E-state index is 13.0. The average Bonchev–Trinajstić information content (AvgIpc) is 2.79. The summed E-state index contributed by atoms with van der Waals surface area (Å²) in [4.78, 5) is 11.8. The van der Waals surface area contributed by atoms with Gasteiger partial charge in [-0.2, -0.15) is 5.26 Å². The van der Waals surface area contributed by atoms with Crippen molar-refractivity contribution in [1.82, 2.24) is 0 Å². The smallest absolute Gasteiger partial charge is 0.339 e. The van der Waals surface area contributed by atoms with Gasteiger partial charge in [0.15, 0.2) is 5.76 Å². The lowest BCUT2D eigenvalue weighted by molar-refractivity contribution is -0.136. The van der Waals surface area contributed by atoms with Crippen LogP contribution >= 0.6 is 0 Å². The number of halogens is 1. The maximum atomic E-state index is 13.0. The van der Waals surface area contributed by atoms with Crippen LogP contribution in [0.5, 0.6) is 0 Å². The average molecular weight is 272 g/mol. The molecule has 100 valence electrons. The Morgan fingerprint density at radius 1 is 1.35 bits per heavy atom. The summed E-state index contributed by atoms with van der Waals surface area (Å²) in [5.41, 5.74) is 6.66. The first-order chi connectivity index (χ1) is 9.61. The zero-order chi connectivity index (χ0) is 14.3. The van der Waals surface area contributed by atoms with Crippen molar-refractivity contribution >= 4 is 5.97 Å². The third kappa shape index (κ3) is 1.72. The van der Waals surface area contributed by atoms with Crippen LogP contribution < -0.4 is 5.73 Å². The zero-order valence-electron chi connectivity index (χ0n) is 10.2. The molecule has 1 aromatic carbocycles. The van der Waals surface area contributed by atoms with Crippen molar-refractivity contribution in [3.8, 4) is 6.07 Å². The number of rotatable bonds is 1. The number of hydrogen-bond donors (Lipinski definition) is 1. The third-order valence-electron chi connectivity index (χ3n) is 3.25. The Hall–Kier alpha value is -2.81. The van der Waals surface area contributed by atoms with Crippen LogP contribution in [0.2, 0.25) is 0 Å². The van der Waals surface area contributed by atoms with Gasteiger partial charge in [0.1, 0.15) is 24.1 Å². The van der Waals surface area contributed by atoms with E-state index >= 15 is 0 Å². The fourth-order valence-electron chi connectivity index (χ4n) is 2.35. The molecule has 5 nitrogen and oxygen atoms in total. The van der Waals surface area contributed by atoms with E-state index in [2.05, 4.69) is 0 Å². The molecule has 1 atom stereocenters. The standard InChI is InChI=1S/C14H9FN2O3/c15-8-3-1-7(2-4-8)11-9(5-16)13(17)20-10-6-19-14(18)12(10)11/h1-4,11H,6,17H2. The minimum atomic E-state index is -0.681. The number of carbonyl (C=O) groups is 1. The van der Waals surface area contributed by atoms with Gasteiger partial charge in [-0.05, 0) is 17.7 Å². The van der Waals surface area contributed by atoms with E-state index in [1.807, 2.05) is 6.07 Å². The predicted octanol–water partition coefficient (Wildman–Crippen LogP) is 1.44. The lowest BCUT2D eigenvalue weighted by Gasteiger charge is -2.23. The molecule has 0 aromatic heterocycles. The molecule has 2 N–H and O–H groups in total. The SMILES string of the molecule is N#CC1=C(N)OC2=C(C(=O)OC2)C1c1ccc(F)cc1. The molecule has 0 spiro atoms. The first-order valence-corrected chi connectivity index (χ1v) is 5.85. The van der Waals surface area contributed by atoms with Crippen LogP contribution in [-0.2, 0) is 14.3 Å². The molecule has 0 fully saturated rings. The Morgan fingerprint density at radius 3 is 2.70 bits per heavy atom. The van der Waals surface area contributed by atoms with Crippen molar-refractivity contribution in [2.75, 3.05) is 6.61 Å². The molecule has 6 heteroatoms. The highest BCUT2D eigenvalue weighted by molar-refractivity contribution is 5.94. The van der Waals surface area contributed by atoms with Crippen molar-refractivity contribution in [2.45, 2.75) is 5.92 Å². The van der Waals surface area contributed by atoms with Gasteiger partial charge in [0, 0.05) is 0 Å². The normalized spacial score (nSPS) is 21.2. The topological polar surface area (TPSA) is 85.3 Å². The minimum absolute atomic E-state index is 0.00866. The van der Waals surface area contributed by atoms with Gasteiger partial charge < -0.3 is 15.2 Å². The molecule has 0 aliphatic carbocycles. The summed E-state index contributed by atoms with van der Waals surface area (Å²) in [6.45, 7) is -0.00866. The number of ether oxygens (including phenoxy) is 2. The fourth-order valence-corrected chi connectivity index (χ4v) is 2.35. The molecule has 2 aliphatic heterocycles. The second-order valence-electron chi connectivity index (χ2n) is 4.39. The van der Waals surface area contributed by atoms with Crippen molar-refractivity contribution in [1.29, 1.82) is 5.26 Å². The van der Waals surface area contributed by atoms with E-state index in [1.54, 1.807) is 0 Å². The summed E-state index contributed by atoms with van der Waals surface area (Å²) in [6, 6.07) is 7.48. The molecule has 20 heavy (non-hydrogen) atoms. The summed E-state index contributed by atoms with van der Waals surface area (Å²) < 4.78 is 23.2. The highest BCUT2D eigenvalue weighted by Crippen LogP contribution is 2.41. The Bertz CT molecular complexity index is 698. The number of allylic oxidation sites excluding steroid dienone is 1. The zero-order valence-corrected chi connectivity index (χ0v) is 10.2. The van der Waals surface area contributed by atoms with Crippen LogP contribution in [0.3, 0.4) is 0 Å². The Kier molecular flexibility index (Phi) is 2.68. The number of cyclic esters (lactones) is 1. The first-order valence-electron chi connectivity index (χ1n) is 5.85. The van der Waals surface area contributed by atoms with Crippen molar-refractivity contribution in [3.63, 3.8) is 0 Å². The van der Waals surface area contributed by atoms with Crippen molar-refractivity contribution in [3.05, 3.63) is 58.4 Å². The van der Waals surface area contributed by atoms with Gasteiger partial charge in [0.25, 0.3) is 0 Å². The van der Waals surface area contributed by atoms with Crippen molar-refractivity contribution < 1.29 is 18.7 Å². The van der Waals surface area contributed by atoms with Gasteiger partial charge in [-0.3, -0.25) is 0 Å². The predicted molar refractivity (Wildman–Crippen MR) is 65.0 cm³/mol. The van der Waals surface area contributed by atoms with E-state index < -0.39 is 17.7 Å². The summed E-state index contributed by atoms with van der Waals surface area (Å²) >= 11 is 0. The number of esters is 1. The number of carbonyl (C=O) groups excluding carboxylic acids is 1. The van der Waals surface area contributed by atoms with Gasteiger partial charge in [-0.1, -0.05) is 12.1 Å². The molecular formula is C14H9FN2O3. The van der Waals surface area contributed by atoms with Gasteiger partial charge in [0.05, 0.1) is 11.5 Å². The quantitative estimate of drug-likeness (QED) is 0.782. The first kappa shape index (κ1) is 12.2. The van der Waals surface area contributed by atoms with Crippen LogP contribution in [0.25, 0.3) is 0 Å². The Morgan fingerprint density at radius 2 is 2.05 bits per heavy atom. The van der Waals surface area contributed by atoms with Gasteiger partial charge >= 0.3 is 5.97 Å². The summed E-state index contributed by atoms with van der Waals surface area (Å²) in [6.07, 6.45) is 0. The summed E-state index contributed by atoms with van der Waals surface area (Å²) in [7, 11) is 0. The molecule has 1 aromatic rings. The summed E-state index contributed by atoms with van der Waals surface area (Å²) in [5.74, 6) is -1.38. The van der Waals surface area contributed by atoms with Crippen molar-refractivity contribution in [2.24, 2.45) is 5.73 Å². The maximum Gasteiger partial charge on any atom is 0.339 e. The highest BCUT2D eigenvalue weighted by Gasteiger charge is 2.41. The molecule has 0 saturated carbocycles. The van der Waals surface area contributed by atoms with Crippen LogP contribution in [0.4, 0.5) is 4.39 Å². The molecular weight excluding hydrogens is 263 g/mol. The third-order valence-corrected chi connectivity index (χ3v) is 3.25. The largest absolute Gasteiger partial charge is 0.454 e. The van der Waals surface area contributed by atoms with E-state index in [0.717, 1.165) is 0 Å². The minimum Gasteiger partial charge on any atom is -0.454 e. The Balaban J connectivity index is 2.16. The molecule has 0 amide bonds. The van der Waals surface area contributed by atoms with Crippen LogP contribution in [0, 0.1) is 17.1 Å². The molecule has 0 radical (unpaired) electrons. The number of benzene rings is 1. The van der Waals surface area contributed by atoms with E-state index in [4.69, 9.17) is 15.2 Å². The van der Waals surface area contributed by atoms with Crippen LogP contribution in [0.1, 0.15) is 11.5 Å². The van der Waals surface area contributed by atoms with Crippen LogP contribution in [-0.4, -0.2) is 12.6 Å². The van der Waals surface area contributed by atoms with E-state index in [1.165, 1.54) is 24.3 Å². The Labute approximate surface area is 113 Å². The fraction of sp³-hybridized carbons (Fsp3) is 0.143. The summed E-state index contributed by atoms with van der Waals surface area (Å²) in [5, 5.41) is 9.24. The number of nitrogens with zero attached hydrogens (tertiary/aromatic N) is 1. The second kappa shape index (κ2) is 4.38. The molecule has 2 heterocycles. The monoisotopic (exact) mass is 272 g/mol. The number of nitrogens with two attached hydrogens (primary N) is 1. The molecule has 3 rings (SSSR count). The molecule has 1 unspecified atom stereocenters. The van der Waals surface area contributed by atoms with E-state index in [9.17, 15) is 14.4 Å². The van der Waals surface area contributed by atoms with E-state index in [0.29, 0.717) is 11.3 Å². The van der Waals surface area contributed by atoms with Gasteiger partial charge in [0.2, 0.25) is 5.88 Å². The highest BCUT2D eigenvalue weighted by atomic mass is 19.1. The van der Waals surface area contributed by atoms with Crippen LogP contribution in [0.15, 0.2) is 47.1 Å². The van der Waals surface area contributed by atoms with Gasteiger partial charge in [-0.25, -0.2) is 9.18 Å².